The zero-order valence-corrected chi connectivity index (χ0v) is 26.9. The minimum absolute atomic E-state index is 0.000461. The van der Waals surface area contributed by atoms with E-state index in [1.165, 1.54) is 18.5 Å². The fourth-order valence-corrected chi connectivity index (χ4v) is 8.44. The molecule has 3 aliphatic heterocycles. The number of aromatic nitrogens is 3. The van der Waals surface area contributed by atoms with Gasteiger partial charge in [0.05, 0.1) is 39.9 Å². The average Bonchev–Trinajstić information content (AvgIpc) is 3.61. The van der Waals surface area contributed by atoms with Crippen LogP contribution in [0.5, 0.6) is 11.5 Å². The van der Waals surface area contributed by atoms with Crippen molar-refractivity contribution < 1.29 is 31.8 Å². The topological polar surface area (TPSA) is 133 Å². The Morgan fingerprint density at radius 2 is 2.04 bits per heavy atom. The van der Waals surface area contributed by atoms with E-state index in [9.17, 15) is 18.3 Å². The molecular weight excluding hydrogens is 667 g/mol. The van der Waals surface area contributed by atoms with Gasteiger partial charge in [-0.25, -0.2) is 31.3 Å². The van der Waals surface area contributed by atoms with E-state index >= 15 is 8.78 Å². The van der Waals surface area contributed by atoms with Crippen LogP contribution in [0.1, 0.15) is 24.0 Å². The van der Waals surface area contributed by atoms with Gasteiger partial charge in [-0.3, -0.25) is 4.90 Å². The lowest BCUT2D eigenvalue weighted by Gasteiger charge is -2.36. The molecule has 0 radical (unpaired) electrons. The number of benzene rings is 2. The Morgan fingerprint density at radius 1 is 1.24 bits per heavy atom. The zero-order valence-electron chi connectivity index (χ0n) is 24.6. The second-order valence-electron chi connectivity index (χ2n) is 11.4. The summed E-state index contributed by atoms with van der Waals surface area (Å²) < 4.78 is 63.8. The first-order valence-electron chi connectivity index (χ1n) is 14.5. The Labute approximate surface area is 274 Å². The van der Waals surface area contributed by atoms with Crippen molar-refractivity contribution in [3.63, 3.8) is 0 Å². The molecule has 1 aromatic heterocycles. The van der Waals surface area contributed by atoms with E-state index in [1.807, 2.05) is 18.1 Å². The highest BCUT2D eigenvalue weighted by atomic mass is 35.5. The van der Waals surface area contributed by atoms with Crippen molar-refractivity contribution in [2.24, 2.45) is 5.92 Å². The van der Waals surface area contributed by atoms with Gasteiger partial charge < -0.3 is 15.3 Å². The number of ether oxygens (including phenoxy) is 1. The maximum atomic E-state index is 15.1. The maximum Gasteiger partial charge on any atom is 0.359 e. The van der Waals surface area contributed by atoms with Gasteiger partial charge >= 0.3 is 6.03 Å². The van der Waals surface area contributed by atoms with Gasteiger partial charge in [0.15, 0.2) is 0 Å². The van der Waals surface area contributed by atoms with E-state index in [0.29, 0.717) is 38.8 Å². The Hall–Kier alpha value is -3.50. The summed E-state index contributed by atoms with van der Waals surface area (Å²) in [5.74, 6) is -1.08. The van der Waals surface area contributed by atoms with Crippen LogP contribution in [0.15, 0.2) is 42.7 Å². The van der Waals surface area contributed by atoms with Gasteiger partial charge in [0.2, 0.25) is 10.0 Å². The van der Waals surface area contributed by atoms with E-state index in [-0.39, 0.29) is 59.8 Å². The van der Waals surface area contributed by atoms with Crippen LogP contribution in [0.3, 0.4) is 0 Å². The van der Waals surface area contributed by atoms with Crippen LogP contribution in [-0.2, 0) is 16.6 Å². The molecule has 2 N–H and O–H groups in total. The Morgan fingerprint density at radius 3 is 2.72 bits per heavy atom. The first kappa shape index (κ1) is 32.4. The summed E-state index contributed by atoms with van der Waals surface area (Å²) >= 11 is 13.6. The molecule has 17 heteroatoms. The number of rotatable bonds is 5. The van der Waals surface area contributed by atoms with Gasteiger partial charge in [-0.1, -0.05) is 34.5 Å². The summed E-state index contributed by atoms with van der Waals surface area (Å²) in [6.07, 6.45) is 1.74. The van der Waals surface area contributed by atoms with Gasteiger partial charge in [-0.05, 0) is 43.0 Å². The van der Waals surface area contributed by atoms with Crippen LogP contribution in [-0.4, -0.2) is 100 Å². The fourth-order valence-electron chi connectivity index (χ4n) is 6.31. The number of sulfonamides is 1. The number of hydrogen-bond acceptors (Lipinski definition) is 10. The third-order valence-corrected chi connectivity index (χ3v) is 10.9. The van der Waals surface area contributed by atoms with Crippen molar-refractivity contribution in [3.8, 4) is 22.6 Å². The quantitative estimate of drug-likeness (QED) is 0.398. The number of fused-ring (bicyclic) bond motifs is 1. The normalized spacial score (nSPS) is 21.1. The standard InChI is InChI=1S/C29H31Cl2F2N7O5S/c1-37-9-7-21(35-37)19-14-18-15-38(11-12-45-27(18)25(31)23(19)24-20(30)5-2-6-22(24)41)26(28(32)33)17-4-3-13-46(43,44)40(16-17)29(42)39-10-8-34-36-39/h2,5-8,10,14,17,26,28,35,41H,3-4,9,11-13,15-16H2,1H3. The number of likely N-dealkylation sites (N-methyl/N-ethyl adjacent to an activating group) is 1. The second-order valence-corrected chi connectivity index (χ2v) is 14.2. The highest BCUT2D eigenvalue weighted by molar-refractivity contribution is 7.89. The molecular formula is C29H31Cl2F2N7O5S. The number of halogens is 4. The zero-order chi connectivity index (χ0) is 32.7. The van der Waals surface area contributed by atoms with E-state index in [2.05, 4.69) is 15.7 Å². The predicted octanol–water partition coefficient (Wildman–Crippen LogP) is 4.29. The van der Waals surface area contributed by atoms with Gasteiger partial charge in [-0.2, -0.15) is 4.68 Å². The van der Waals surface area contributed by atoms with Gasteiger partial charge in [-0.15, -0.1) is 5.10 Å². The number of carbonyl (C=O) groups is 1. The van der Waals surface area contributed by atoms with Crippen molar-refractivity contribution in [2.45, 2.75) is 31.9 Å². The summed E-state index contributed by atoms with van der Waals surface area (Å²) in [5.41, 5.74) is 5.76. The number of hydrogen-bond donors (Lipinski definition) is 2. The highest BCUT2D eigenvalue weighted by Crippen LogP contribution is 2.49. The maximum absolute atomic E-state index is 15.1. The van der Waals surface area contributed by atoms with Gasteiger partial charge in [0, 0.05) is 55.5 Å². The van der Waals surface area contributed by atoms with E-state index in [4.69, 9.17) is 27.9 Å². The lowest BCUT2D eigenvalue weighted by atomic mass is 9.91. The Balaban J connectivity index is 1.39. The molecule has 6 rings (SSSR count). The largest absolute Gasteiger partial charge is 0.507 e. The molecule has 1 fully saturated rings. The predicted molar refractivity (Wildman–Crippen MR) is 167 cm³/mol. The number of carbonyl (C=O) groups excluding carboxylic acids is 1. The summed E-state index contributed by atoms with van der Waals surface area (Å²) in [6.45, 7) is 0.198. The van der Waals surface area contributed by atoms with Crippen molar-refractivity contribution in [1.82, 2.24) is 34.6 Å². The van der Waals surface area contributed by atoms with Crippen LogP contribution in [0.2, 0.25) is 10.0 Å². The molecule has 4 heterocycles. The van der Waals surface area contributed by atoms with E-state index in [1.54, 1.807) is 23.1 Å². The molecule has 3 aliphatic rings. The van der Waals surface area contributed by atoms with Gasteiger partial charge in [0.1, 0.15) is 18.1 Å². The van der Waals surface area contributed by atoms with Crippen LogP contribution < -0.4 is 10.2 Å². The molecule has 1 saturated heterocycles. The van der Waals surface area contributed by atoms with Crippen LogP contribution in [0.25, 0.3) is 16.8 Å². The van der Waals surface area contributed by atoms with Crippen LogP contribution >= 0.6 is 23.2 Å². The number of nitrogens with one attached hydrogen (secondary N) is 1. The molecule has 12 nitrogen and oxygen atoms in total. The lowest BCUT2D eigenvalue weighted by Crippen LogP contribution is -2.51. The first-order valence-corrected chi connectivity index (χ1v) is 16.9. The fraction of sp³-hybridized carbons (Fsp3) is 0.414. The van der Waals surface area contributed by atoms with Crippen molar-refractivity contribution in [1.29, 1.82) is 0 Å². The van der Waals surface area contributed by atoms with Crippen LogP contribution in [0.4, 0.5) is 13.6 Å². The molecule has 1 amide bonds. The molecule has 2 atom stereocenters. The van der Waals surface area contributed by atoms with Crippen molar-refractivity contribution >= 4 is 45.0 Å². The van der Waals surface area contributed by atoms with Crippen LogP contribution in [0, 0.1) is 5.92 Å². The molecule has 0 saturated carbocycles. The molecule has 246 valence electrons. The molecule has 2 unspecified atom stereocenters. The minimum Gasteiger partial charge on any atom is -0.507 e. The number of phenolic OH excluding ortho intramolecular Hbond substituents is 1. The monoisotopic (exact) mass is 697 g/mol. The highest BCUT2D eigenvalue weighted by Gasteiger charge is 2.43. The molecule has 3 aromatic rings. The first-order chi connectivity index (χ1) is 22.0. The summed E-state index contributed by atoms with van der Waals surface area (Å²) in [7, 11) is -2.24. The SMILES string of the molecule is CN1CC=C(c2cc3c(c(Cl)c2-c2c(O)cccc2Cl)OCCN(C(C(F)F)C2CCCS(=O)(=O)N(C(=O)n4ccnn4)C2)C3)N1. The summed E-state index contributed by atoms with van der Waals surface area (Å²) in [6, 6.07) is 4.13. The third kappa shape index (κ3) is 6.13. The Bertz CT molecular complexity index is 1760. The number of aromatic hydroxyl groups is 1. The van der Waals surface area contributed by atoms with Gasteiger partial charge in [0.25, 0.3) is 6.43 Å². The molecule has 2 aromatic carbocycles. The molecule has 0 spiro atoms. The summed E-state index contributed by atoms with van der Waals surface area (Å²) in [4.78, 5) is 14.7. The average molecular weight is 699 g/mol. The van der Waals surface area contributed by atoms with Crippen molar-refractivity contribution in [2.75, 3.05) is 39.0 Å². The van der Waals surface area contributed by atoms with E-state index < -0.39 is 41.0 Å². The number of alkyl halides is 2. The number of nitrogens with zero attached hydrogens (tertiary/aromatic N) is 6. The molecule has 0 aliphatic carbocycles. The molecule has 0 bridgehead atoms. The van der Waals surface area contributed by atoms with E-state index in [0.717, 1.165) is 4.68 Å². The minimum atomic E-state index is -4.09. The van der Waals surface area contributed by atoms with Crippen molar-refractivity contribution in [3.05, 3.63) is 63.9 Å². The second kappa shape index (κ2) is 13.0. The molecule has 46 heavy (non-hydrogen) atoms. The number of hydrazine groups is 1. The number of amides is 1. The number of phenols is 1. The summed E-state index contributed by atoms with van der Waals surface area (Å²) in [5, 5.41) is 20.3. The third-order valence-electron chi connectivity index (χ3n) is 8.42. The smallest absolute Gasteiger partial charge is 0.359 e. The lowest BCUT2D eigenvalue weighted by molar-refractivity contribution is -0.0164. The Kier molecular flexibility index (Phi) is 9.13.